The molecule has 1 fully saturated rings. The quantitative estimate of drug-likeness (QED) is 0.658. The van der Waals surface area contributed by atoms with Gasteiger partial charge in [-0.15, -0.1) is 0 Å². The minimum atomic E-state index is -4.42. The number of carbonyl (C=O) groups excluding carboxylic acids is 1. The third-order valence-electron chi connectivity index (χ3n) is 6.73. The summed E-state index contributed by atoms with van der Waals surface area (Å²) >= 11 is 0. The van der Waals surface area contributed by atoms with E-state index in [1.807, 2.05) is 37.3 Å². The van der Waals surface area contributed by atoms with Crippen LogP contribution in [0.4, 0.5) is 24.5 Å². The van der Waals surface area contributed by atoms with Crippen molar-refractivity contribution in [2.75, 3.05) is 16.5 Å². The predicted molar refractivity (Wildman–Crippen MR) is 110 cm³/mol. The van der Waals surface area contributed by atoms with E-state index in [-0.39, 0.29) is 18.4 Å². The van der Waals surface area contributed by atoms with Crippen LogP contribution in [0.15, 0.2) is 53.6 Å². The van der Waals surface area contributed by atoms with Gasteiger partial charge in [0, 0.05) is 18.3 Å². The zero-order chi connectivity index (χ0) is 21.1. The Morgan fingerprint density at radius 3 is 2.60 bits per heavy atom. The molecule has 30 heavy (non-hydrogen) atoms. The van der Waals surface area contributed by atoms with E-state index >= 15 is 0 Å². The molecule has 2 atom stereocenters. The van der Waals surface area contributed by atoms with Crippen LogP contribution >= 0.6 is 0 Å². The first-order valence-electron chi connectivity index (χ1n) is 10.2. The van der Waals surface area contributed by atoms with Gasteiger partial charge in [-0.05, 0) is 68.5 Å². The SMILES string of the molecule is CC1=NN(c2ccccc2)C(=O)[C@@]12Cc1cc(C(F)(F)F)ccc1N1CCCC[C@@H]12. The highest BCUT2D eigenvalue weighted by atomic mass is 19.4. The Labute approximate surface area is 173 Å². The normalized spacial score (nSPS) is 25.9. The second-order valence-electron chi connectivity index (χ2n) is 8.33. The van der Waals surface area contributed by atoms with Gasteiger partial charge in [0.15, 0.2) is 0 Å². The van der Waals surface area contributed by atoms with Crippen molar-refractivity contribution in [3.05, 3.63) is 59.7 Å². The monoisotopic (exact) mass is 413 g/mol. The topological polar surface area (TPSA) is 35.9 Å². The third-order valence-corrected chi connectivity index (χ3v) is 6.73. The maximum absolute atomic E-state index is 13.8. The van der Waals surface area contributed by atoms with Crippen LogP contribution in [0.3, 0.4) is 0 Å². The van der Waals surface area contributed by atoms with Gasteiger partial charge in [0.05, 0.1) is 17.0 Å². The molecule has 1 amide bonds. The van der Waals surface area contributed by atoms with Gasteiger partial charge in [-0.1, -0.05) is 18.2 Å². The molecule has 0 aromatic heterocycles. The molecule has 0 aliphatic carbocycles. The fourth-order valence-electron chi connectivity index (χ4n) is 5.29. The van der Waals surface area contributed by atoms with Crippen LogP contribution in [-0.2, 0) is 17.4 Å². The summed E-state index contributed by atoms with van der Waals surface area (Å²) in [4.78, 5) is 15.9. The van der Waals surface area contributed by atoms with E-state index in [0.717, 1.165) is 37.6 Å². The predicted octanol–water partition coefficient (Wildman–Crippen LogP) is 5.03. The molecule has 3 aliphatic heterocycles. The van der Waals surface area contributed by atoms with Crippen molar-refractivity contribution in [1.29, 1.82) is 0 Å². The highest BCUT2D eigenvalue weighted by molar-refractivity contribution is 6.20. The second kappa shape index (κ2) is 6.59. The molecule has 3 aliphatic rings. The number of hydrogen-bond donors (Lipinski definition) is 0. The summed E-state index contributed by atoms with van der Waals surface area (Å²) in [7, 11) is 0. The minimum Gasteiger partial charge on any atom is -0.367 e. The van der Waals surface area contributed by atoms with Gasteiger partial charge < -0.3 is 4.90 Å². The molecule has 7 heteroatoms. The van der Waals surface area contributed by atoms with E-state index in [1.54, 1.807) is 6.07 Å². The van der Waals surface area contributed by atoms with Crippen LogP contribution in [0.25, 0.3) is 0 Å². The zero-order valence-corrected chi connectivity index (χ0v) is 16.6. The summed E-state index contributed by atoms with van der Waals surface area (Å²) in [6.07, 6.45) is -1.41. The second-order valence-corrected chi connectivity index (χ2v) is 8.33. The molecule has 2 aromatic rings. The Bertz CT molecular complexity index is 1030. The maximum atomic E-state index is 13.8. The summed E-state index contributed by atoms with van der Waals surface area (Å²) < 4.78 is 40.2. The van der Waals surface area contributed by atoms with Crippen molar-refractivity contribution >= 4 is 23.0 Å². The van der Waals surface area contributed by atoms with E-state index in [0.29, 0.717) is 17.0 Å². The molecule has 156 valence electrons. The summed E-state index contributed by atoms with van der Waals surface area (Å²) in [6.45, 7) is 2.57. The molecule has 3 heterocycles. The fraction of sp³-hybridized carbons (Fsp3) is 0.391. The van der Waals surface area contributed by atoms with E-state index in [4.69, 9.17) is 0 Å². The fourth-order valence-corrected chi connectivity index (χ4v) is 5.29. The number of rotatable bonds is 1. The molecule has 0 radical (unpaired) electrons. The molecular formula is C23H22F3N3O. The van der Waals surface area contributed by atoms with Crippen molar-refractivity contribution in [2.45, 2.75) is 44.8 Å². The Hall–Kier alpha value is -2.83. The van der Waals surface area contributed by atoms with E-state index in [2.05, 4.69) is 10.0 Å². The van der Waals surface area contributed by atoms with E-state index < -0.39 is 17.2 Å². The molecule has 0 N–H and O–H groups in total. The third kappa shape index (κ3) is 2.67. The van der Waals surface area contributed by atoms with Crippen molar-refractivity contribution in [2.24, 2.45) is 10.5 Å². The average Bonchev–Trinajstić information content (AvgIpc) is 2.99. The highest BCUT2D eigenvalue weighted by Crippen LogP contribution is 2.50. The zero-order valence-electron chi connectivity index (χ0n) is 16.6. The Morgan fingerprint density at radius 2 is 1.87 bits per heavy atom. The molecule has 1 saturated heterocycles. The Balaban J connectivity index is 1.64. The van der Waals surface area contributed by atoms with Crippen LogP contribution < -0.4 is 9.91 Å². The van der Waals surface area contributed by atoms with Crippen molar-refractivity contribution in [3.63, 3.8) is 0 Å². The minimum absolute atomic E-state index is 0.0968. The number of hydrazone groups is 1. The number of halogens is 3. The number of carbonyl (C=O) groups is 1. The number of benzene rings is 2. The number of amides is 1. The largest absolute Gasteiger partial charge is 0.416 e. The first-order chi connectivity index (χ1) is 14.3. The van der Waals surface area contributed by atoms with E-state index in [9.17, 15) is 18.0 Å². The van der Waals surface area contributed by atoms with Crippen LogP contribution in [0.2, 0.25) is 0 Å². The average molecular weight is 413 g/mol. The van der Waals surface area contributed by atoms with Crippen LogP contribution in [0.1, 0.15) is 37.3 Å². The molecule has 2 aromatic carbocycles. The lowest BCUT2D eigenvalue weighted by atomic mass is 9.65. The summed E-state index contributed by atoms with van der Waals surface area (Å²) in [5, 5.41) is 6.03. The van der Waals surface area contributed by atoms with Crippen LogP contribution in [0, 0.1) is 5.41 Å². The number of anilines is 2. The van der Waals surface area contributed by atoms with Crippen molar-refractivity contribution < 1.29 is 18.0 Å². The van der Waals surface area contributed by atoms with E-state index in [1.165, 1.54) is 11.1 Å². The lowest BCUT2D eigenvalue weighted by molar-refractivity contribution is -0.137. The molecule has 4 nitrogen and oxygen atoms in total. The van der Waals surface area contributed by atoms with Gasteiger partial charge in [0.1, 0.15) is 5.41 Å². The number of piperidine rings is 1. The number of nitrogens with zero attached hydrogens (tertiary/aromatic N) is 3. The van der Waals surface area contributed by atoms with Crippen LogP contribution in [0.5, 0.6) is 0 Å². The lowest BCUT2D eigenvalue weighted by Gasteiger charge is -2.51. The molecule has 1 spiro atoms. The van der Waals surface area contributed by atoms with Gasteiger partial charge in [0.25, 0.3) is 5.91 Å². The van der Waals surface area contributed by atoms with Crippen molar-refractivity contribution in [3.8, 4) is 0 Å². The van der Waals surface area contributed by atoms with Crippen LogP contribution in [-0.4, -0.2) is 24.2 Å². The Kier molecular flexibility index (Phi) is 4.21. The van der Waals surface area contributed by atoms with Crippen molar-refractivity contribution in [1.82, 2.24) is 0 Å². The first-order valence-corrected chi connectivity index (χ1v) is 10.2. The highest BCUT2D eigenvalue weighted by Gasteiger charge is 2.59. The molecule has 5 rings (SSSR count). The number of para-hydroxylation sites is 1. The number of hydrogen-bond acceptors (Lipinski definition) is 3. The van der Waals surface area contributed by atoms with Gasteiger partial charge in [-0.25, -0.2) is 0 Å². The van der Waals surface area contributed by atoms with Gasteiger partial charge in [-0.2, -0.15) is 23.3 Å². The summed E-state index contributed by atoms with van der Waals surface area (Å²) in [5.74, 6) is -0.147. The Morgan fingerprint density at radius 1 is 1.10 bits per heavy atom. The molecule has 0 saturated carbocycles. The summed E-state index contributed by atoms with van der Waals surface area (Å²) in [5.41, 5.74) is 1.13. The van der Waals surface area contributed by atoms with Gasteiger partial charge in [0.2, 0.25) is 0 Å². The van der Waals surface area contributed by atoms with Gasteiger partial charge in [-0.3, -0.25) is 4.79 Å². The first kappa shape index (κ1) is 19.2. The maximum Gasteiger partial charge on any atom is 0.416 e. The molecular weight excluding hydrogens is 391 g/mol. The number of alkyl halides is 3. The van der Waals surface area contributed by atoms with Gasteiger partial charge >= 0.3 is 6.18 Å². The lowest BCUT2D eigenvalue weighted by Crippen LogP contribution is -2.61. The molecule has 0 unspecified atom stereocenters. The molecule has 0 bridgehead atoms. The summed E-state index contributed by atoms with van der Waals surface area (Å²) in [6, 6.07) is 13.0. The smallest absolute Gasteiger partial charge is 0.367 e. The number of fused-ring (bicyclic) bond motifs is 4. The standard InChI is InChI=1S/C23H22F3N3O/c1-15-22(21(30)29(27-15)18-7-3-2-4-8-18)14-16-13-17(23(24,25)26)10-11-19(16)28-12-6-5-9-20(22)28/h2-4,7-8,10-11,13,20H,5-6,9,12,14H2,1H3/t20-,22+/m1/s1.